The molecule has 12 nitrogen and oxygen atoms in total. The summed E-state index contributed by atoms with van der Waals surface area (Å²) in [6, 6.07) is -2.64. The molecule has 5 N–H and O–H groups in total. The summed E-state index contributed by atoms with van der Waals surface area (Å²) in [5, 5.41) is 8.78. The summed E-state index contributed by atoms with van der Waals surface area (Å²) in [4.78, 5) is 82.2. The number of aldehydes is 1. The van der Waals surface area contributed by atoms with Crippen molar-refractivity contribution in [2.45, 2.75) is 256 Å². The van der Waals surface area contributed by atoms with Crippen LogP contribution in [0.15, 0.2) is 0 Å². The molecule has 2 fully saturated rings. The van der Waals surface area contributed by atoms with Crippen molar-refractivity contribution in [2.75, 3.05) is 26.2 Å². The molecule has 2 aliphatic heterocycles. The molecule has 2 saturated heterocycles. The molecule has 2 rings (SSSR count). The van der Waals surface area contributed by atoms with E-state index in [1.54, 1.807) is 9.80 Å². The van der Waals surface area contributed by atoms with Crippen molar-refractivity contribution in [2.24, 2.45) is 5.73 Å². The predicted octanol–water partition coefficient (Wildman–Crippen LogP) is 8.95. The van der Waals surface area contributed by atoms with Gasteiger partial charge in [0.2, 0.25) is 29.5 Å². The quantitative estimate of drug-likeness (QED) is 0.0353. The minimum atomic E-state index is -0.891. The minimum absolute atomic E-state index is 0.00662. The maximum atomic E-state index is 13.7. The van der Waals surface area contributed by atoms with Crippen molar-refractivity contribution in [1.29, 1.82) is 0 Å². The van der Waals surface area contributed by atoms with Gasteiger partial charge in [-0.2, -0.15) is 0 Å². The molecule has 2 heterocycles. The van der Waals surface area contributed by atoms with Crippen LogP contribution in [0, 0.1) is 0 Å². The van der Waals surface area contributed by atoms with E-state index in [1.807, 2.05) is 0 Å². The van der Waals surface area contributed by atoms with Crippen LogP contribution in [0.25, 0.3) is 0 Å². The Morgan fingerprint density at radius 3 is 1.44 bits per heavy atom. The number of hydrogen-bond donors (Lipinski definition) is 4. The number of carbonyl (C=O) groups is 6. The molecule has 5 amide bonds. The highest BCUT2D eigenvalue weighted by atomic mass is 16.2. The van der Waals surface area contributed by atoms with Gasteiger partial charge in [0.1, 0.15) is 24.4 Å². The van der Waals surface area contributed by atoms with Crippen LogP contribution in [-0.2, 0) is 28.8 Å². The first kappa shape index (κ1) is 55.1. The Morgan fingerprint density at radius 2 is 0.984 bits per heavy atom. The lowest BCUT2D eigenvalue weighted by Gasteiger charge is -2.27. The average molecular weight is 873 g/mol. The fourth-order valence-electron chi connectivity index (χ4n) is 9.15. The van der Waals surface area contributed by atoms with Crippen molar-refractivity contribution < 1.29 is 28.8 Å². The lowest BCUT2D eigenvalue weighted by atomic mass is 10.0. The third kappa shape index (κ3) is 24.2. The highest BCUT2D eigenvalue weighted by Gasteiger charge is 2.36. The Labute approximate surface area is 377 Å². The van der Waals surface area contributed by atoms with Crippen molar-refractivity contribution in [1.82, 2.24) is 25.8 Å². The van der Waals surface area contributed by atoms with Crippen LogP contribution < -0.4 is 21.7 Å². The first-order valence-corrected chi connectivity index (χ1v) is 25.9. The van der Waals surface area contributed by atoms with Gasteiger partial charge in [0.15, 0.2) is 0 Å². The number of unbranched alkanes of at least 4 members (excludes halogenated alkanes) is 22. The van der Waals surface area contributed by atoms with Crippen LogP contribution in [0.1, 0.15) is 232 Å². The summed E-state index contributed by atoms with van der Waals surface area (Å²) in [6.07, 6.45) is 34.5. The van der Waals surface area contributed by atoms with Gasteiger partial charge in [-0.3, -0.25) is 24.0 Å². The Balaban J connectivity index is 1.81. The monoisotopic (exact) mass is 873 g/mol. The zero-order valence-electron chi connectivity index (χ0n) is 39.7. The molecule has 0 aromatic carbocycles. The van der Waals surface area contributed by atoms with E-state index in [9.17, 15) is 28.8 Å². The van der Waals surface area contributed by atoms with Gasteiger partial charge in [0.05, 0.1) is 6.04 Å². The van der Waals surface area contributed by atoms with Crippen molar-refractivity contribution in [3.05, 3.63) is 0 Å². The van der Waals surface area contributed by atoms with Gasteiger partial charge in [-0.15, -0.1) is 0 Å². The second-order valence-electron chi connectivity index (χ2n) is 18.4. The molecular formula is C50H92N6O6. The molecule has 0 aliphatic carbocycles. The Morgan fingerprint density at radius 1 is 0.548 bits per heavy atom. The van der Waals surface area contributed by atoms with Crippen LogP contribution in [0.5, 0.6) is 0 Å². The van der Waals surface area contributed by atoms with E-state index in [-0.39, 0.29) is 23.6 Å². The molecule has 0 bridgehead atoms. The minimum Gasteiger partial charge on any atom is -0.354 e. The number of nitrogens with one attached hydrogen (secondary N) is 3. The third-order valence-electron chi connectivity index (χ3n) is 13.1. The average Bonchev–Trinajstić information content (AvgIpc) is 3.98. The van der Waals surface area contributed by atoms with Crippen LogP contribution in [-0.4, -0.2) is 96.0 Å². The van der Waals surface area contributed by atoms with E-state index >= 15 is 0 Å². The SMILES string of the molecule is CCCCCCCCCCCCCC(=O)N1CCCC1C(=O)NCCCCC(NC(=O)C1CCCN1C(=O)CCCCCCCCCCCCC)C(=O)NC(C=O)CCCCN. The maximum Gasteiger partial charge on any atom is 0.243 e. The highest BCUT2D eigenvalue weighted by Crippen LogP contribution is 2.22. The molecule has 12 heteroatoms. The first-order valence-electron chi connectivity index (χ1n) is 25.9. The van der Waals surface area contributed by atoms with Crippen molar-refractivity contribution in [3.63, 3.8) is 0 Å². The molecular weight excluding hydrogens is 781 g/mol. The molecule has 4 unspecified atom stereocenters. The zero-order valence-corrected chi connectivity index (χ0v) is 39.7. The van der Waals surface area contributed by atoms with Gasteiger partial charge in [0, 0.05) is 32.5 Å². The van der Waals surface area contributed by atoms with E-state index in [4.69, 9.17) is 5.73 Å². The molecule has 0 aromatic heterocycles. The summed E-state index contributed by atoms with van der Waals surface area (Å²) >= 11 is 0. The van der Waals surface area contributed by atoms with Crippen LogP contribution >= 0.6 is 0 Å². The molecule has 0 aromatic rings. The van der Waals surface area contributed by atoms with E-state index in [2.05, 4.69) is 29.8 Å². The lowest BCUT2D eigenvalue weighted by molar-refractivity contribution is -0.139. The number of likely N-dealkylation sites (tertiary alicyclic amines) is 2. The molecule has 4 atom stereocenters. The van der Waals surface area contributed by atoms with Gasteiger partial charge in [-0.05, 0) is 83.6 Å². The highest BCUT2D eigenvalue weighted by molar-refractivity contribution is 5.93. The van der Waals surface area contributed by atoms with Crippen molar-refractivity contribution >= 4 is 35.8 Å². The van der Waals surface area contributed by atoms with Gasteiger partial charge in [-0.25, -0.2) is 0 Å². The summed E-state index contributed by atoms with van der Waals surface area (Å²) in [5.74, 6) is -0.845. The zero-order chi connectivity index (χ0) is 45.0. The molecule has 2 aliphatic rings. The van der Waals surface area contributed by atoms with E-state index in [0.29, 0.717) is 84.0 Å². The largest absolute Gasteiger partial charge is 0.354 e. The topological polar surface area (TPSA) is 171 Å². The van der Waals surface area contributed by atoms with E-state index in [1.165, 1.54) is 103 Å². The second-order valence-corrected chi connectivity index (χ2v) is 18.4. The number of amides is 5. The Kier molecular flexibility index (Phi) is 32.3. The standard InChI is InChI=1S/C50H92N6O6/c1-3-5-7-9-11-13-15-17-19-21-23-35-46(58)55-39-29-33-44(55)49(61)52-38-28-26-32-43(48(60)53-42(41-57)31-25-27-37-51)54-50(62)45-34-30-40-56(45)47(59)36-24-22-20-18-16-14-12-10-8-6-4-2/h41-45H,3-40,51H2,1-2H3,(H,52,61)(H,53,60)(H,54,62). The smallest absolute Gasteiger partial charge is 0.243 e. The summed E-state index contributed by atoms with van der Waals surface area (Å²) in [6.45, 7) is 6.52. The maximum absolute atomic E-state index is 13.7. The van der Waals surface area contributed by atoms with Gasteiger partial charge < -0.3 is 36.3 Å². The Bertz CT molecular complexity index is 1230. The molecule has 358 valence electrons. The normalized spacial score (nSPS) is 17.2. The van der Waals surface area contributed by atoms with Crippen LogP contribution in [0.4, 0.5) is 0 Å². The van der Waals surface area contributed by atoms with Gasteiger partial charge in [-0.1, -0.05) is 142 Å². The Hall–Kier alpha value is -3.02. The molecule has 0 saturated carbocycles. The second kappa shape index (κ2) is 36.3. The number of rotatable bonds is 39. The molecule has 0 radical (unpaired) electrons. The number of carbonyl (C=O) groups excluding carboxylic acids is 6. The summed E-state index contributed by atoms with van der Waals surface area (Å²) in [7, 11) is 0. The number of hydrogen-bond acceptors (Lipinski definition) is 7. The summed E-state index contributed by atoms with van der Waals surface area (Å²) in [5.41, 5.74) is 5.63. The third-order valence-corrected chi connectivity index (χ3v) is 13.1. The number of nitrogens with two attached hydrogens (primary N) is 1. The fourth-order valence-corrected chi connectivity index (χ4v) is 9.15. The number of nitrogens with zero attached hydrogens (tertiary/aromatic N) is 2. The molecule has 0 spiro atoms. The lowest BCUT2D eigenvalue weighted by Crippen LogP contribution is -2.54. The van der Waals surface area contributed by atoms with E-state index in [0.717, 1.165) is 64.1 Å². The van der Waals surface area contributed by atoms with Crippen LogP contribution in [0.3, 0.4) is 0 Å². The first-order chi connectivity index (χ1) is 30.3. The van der Waals surface area contributed by atoms with Crippen LogP contribution in [0.2, 0.25) is 0 Å². The van der Waals surface area contributed by atoms with E-state index < -0.39 is 30.1 Å². The van der Waals surface area contributed by atoms with Crippen molar-refractivity contribution in [3.8, 4) is 0 Å². The predicted molar refractivity (Wildman–Crippen MR) is 251 cm³/mol. The summed E-state index contributed by atoms with van der Waals surface area (Å²) < 4.78 is 0. The molecule has 62 heavy (non-hydrogen) atoms. The fraction of sp³-hybridized carbons (Fsp3) is 0.880. The van der Waals surface area contributed by atoms with Gasteiger partial charge >= 0.3 is 0 Å². The van der Waals surface area contributed by atoms with Gasteiger partial charge in [0.25, 0.3) is 0 Å².